The summed E-state index contributed by atoms with van der Waals surface area (Å²) in [6.45, 7) is 5.68. The van der Waals surface area contributed by atoms with Gasteiger partial charge in [-0.1, -0.05) is 0 Å². The van der Waals surface area contributed by atoms with Crippen LogP contribution in [-0.4, -0.2) is 24.2 Å². The van der Waals surface area contributed by atoms with E-state index in [0.29, 0.717) is 6.42 Å². The molecule has 13 heavy (non-hydrogen) atoms. The van der Waals surface area contributed by atoms with E-state index < -0.39 is 0 Å². The van der Waals surface area contributed by atoms with E-state index in [1.54, 1.807) is 0 Å². The Morgan fingerprint density at radius 3 is 2.31 bits per heavy atom. The molecule has 0 aromatic rings. The van der Waals surface area contributed by atoms with E-state index in [1.807, 2.05) is 27.8 Å². The summed E-state index contributed by atoms with van der Waals surface area (Å²) in [5.41, 5.74) is -0.302. The number of nitrogens with one attached hydrogen (secondary N) is 1. The number of hydrogen-bond donors (Lipinski definition) is 1. The van der Waals surface area contributed by atoms with Crippen molar-refractivity contribution in [3.63, 3.8) is 0 Å². The zero-order valence-corrected chi connectivity index (χ0v) is 8.94. The maximum atomic E-state index is 11.4. The van der Waals surface area contributed by atoms with E-state index in [2.05, 4.69) is 5.32 Å². The molecule has 0 heterocycles. The van der Waals surface area contributed by atoms with Crippen LogP contribution in [0.25, 0.3) is 0 Å². The van der Waals surface area contributed by atoms with E-state index in [4.69, 9.17) is 4.74 Å². The van der Waals surface area contributed by atoms with Crippen LogP contribution in [0, 0.1) is 0 Å². The Labute approximate surface area is 79.8 Å². The second-order valence-corrected chi connectivity index (χ2v) is 4.79. The molecule has 0 aromatic heterocycles. The summed E-state index contributed by atoms with van der Waals surface area (Å²) in [5, 5.41) is 3.17. The maximum Gasteiger partial charge on any atom is 0.308 e. The van der Waals surface area contributed by atoms with Crippen LogP contribution in [0.5, 0.6) is 0 Å². The van der Waals surface area contributed by atoms with Gasteiger partial charge in [0, 0.05) is 5.54 Å². The Bertz CT molecular complexity index is 201. The normalized spacial score (nSPS) is 19.7. The highest BCUT2D eigenvalue weighted by molar-refractivity contribution is 5.72. The molecular weight excluding hydrogens is 166 g/mol. The predicted octanol–water partition coefficient (Wildman–Crippen LogP) is 1.47. The van der Waals surface area contributed by atoms with Gasteiger partial charge in [-0.2, -0.15) is 0 Å². The first-order valence-corrected chi connectivity index (χ1v) is 4.78. The minimum absolute atomic E-state index is 0.0579. The lowest BCUT2D eigenvalue weighted by atomic mass is 10.1. The molecule has 3 heteroatoms. The molecule has 0 aliphatic heterocycles. The first kappa shape index (κ1) is 10.5. The van der Waals surface area contributed by atoms with E-state index in [9.17, 15) is 4.79 Å². The Hall–Kier alpha value is -0.570. The number of esters is 1. The van der Waals surface area contributed by atoms with Crippen LogP contribution in [0.15, 0.2) is 0 Å². The maximum absolute atomic E-state index is 11.4. The Balaban J connectivity index is 2.34. The van der Waals surface area contributed by atoms with Crippen molar-refractivity contribution in [3.05, 3.63) is 0 Å². The van der Waals surface area contributed by atoms with Gasteiger partial charge in [-0.15, -0.1) is 0 Å². The molecule has 1 N–H and O–H groups in total. The third-order valence-corrected chi connectivity index (χ3v) is 2.29. The zero-order valence-electron chi connectivity index (χ0n) is 8.94. The van der Waals surface area contributed by atoms with Crippen molar-refractivity contribution in [2.24, 2.45) is 0 Å². The van der Waals surface area contributed by atoms with Crippen molar-refractivity contribution in [2.45, 2.75) is 51.2 Å². The second-order valence-electron chi connectivity index (χ2n) is 4.79. The molecule has 1 rings (SSSR count). The monoisotopic (exact) mass is 185 g/mol. The van der Waals surface area contributed by atoms with Gasteiger partial charge in [0.1, 0.15) is 5.60 Å². The van der Waals surface area contributed by atoms with Crippen molar-refractivity contribution in [3.8, 4) is 0 Å². The third kappa shape index (κ3) is 3.35. The van der Waals surface area contributed by atoms with Gasteiger partial charge in [0.15, 0.2) is 0 Å². The molecule has 76 valence electrons. The second kappa shape index (κ2) is 3.29. The van der Waals surface area contributed by atoms with Crippen LogP contribution in [0.1, 0.15) is 40.0 Å². The van der Waals surface area contributed by atoms with E-state index in [1.165, 1.54) is 0 Å². The molecule has 3 nitrogen and oxygen atoms in total. The van der Waals surface area contributed by atoms with Crippen LogP contribution in [0.3, 0.4) is 0 Å². The highest BCUT2D eigenvalue weighted by Gasteiger charge is 2.43. The number of ether oxygens (including phenoxy) is 1. The fourth-order valence-electron chi connectivity index (χ4n) is 1.32. The van der Waals surface area contributed by atoms with Gasteiger partial charge >= 0.3 is 5.97 Å². The topological polar surface area (TPSA) is 38.3 Å². The molecule has 0 amide bonds. The molecule has 1 aliphatic rings. The summed E-state index contributed by atoms with van der Waals surface area (Å²) < 4.78 is 5.24. The van der Waals surface area contributed by atoms with Gasteiger partial charge < -0.3 is 10.1 Å². The van der Waals surface area contributed by atoms with Crippen molar-refractivity contribution in [1.29, 1.82) is 0 Å². The fraction of sp³-hybridized carbons (Fsp3) is 0.900. The molecule has 1 saturated carbocycles. The molecule has 0 atom stereocenters. The van der Waals surface area contributed by atoms with Crippen LogP contribution < -0.4 is 5.32 Å². The summed E-state index contributed by atoms with van der Waals surface area (Å²) >= 11 is 0. The number of carbonyl (C=O) groups is 1. The van der Waals surface area contributed by atoms with Crippen molar-refractivity contribution in [2.75, 3.05) is 7.05 Å². The van der Waals surface area contributed by atoms with Crippen molar-refractivity contribution >= 4 is 5.97 Å². The number of hydrogen-bond acceptors (Lipinski definition) is 3. The standard InChI is InChI=1S/C10H19NO2/c1-9(2,3)13-8(12)7-10(11-4)5-6-10/h11H,5-7H2,1-4H3. The minimum atomic E-state index is -0.360. The van der Waals surface area contributed by atoms with E-state index in [0.717, 1.165) is 12.8 Å². The summed E-state index contributed by atoms with van der Waals surface area (Å²) in [6, 6.07) is 0. The first-order chi connectivity index (χ1) is 5.87. The van der Waals surface area contributed by atoms with Crippen molar-refractivity contribution in [1.82, 2.24) is 5.32 Å². The Kier molecular flexibility index (Phi) is 2.66. The lowest BCUT2D eigenvalue weighted by Gasteiger charge is -2.21. The predicted molar refractivity (Wildman–Crippen MR) is 51.5 cm³/mol. The van der Waals surface area contributed by atoms with Crippen LogP contribution in [0.4, 0.5) is 0 Å². The van der Waals surface area contributed by atoms with Gasteiger partial charge in [-0.3, -0.25) is 4.79 Å². The molecular formula is C10H19NO2. The molecule has 0 unspecified atom stereocenters. The zero-order chi connectivity index (χ0) is 10.1. The first-order valence-electron chi connectivity index (χ1n) is 4.78. The van der Waals surface area contributed by atoms with Crippen molar-refractivity contribution < 1.29 is 9.53 Å². The molecule has 0 bridgehead atoms. The summed E-state index contributed by atoms with van der Waals surface area (Å²) in [7, 11) is 1.90. The Morgan fingerprint density at radius 1 is 1.46 bits per heavy atom. The third-order valence-electron chi connectivity index (χ3n) is 2.29. The average Bonchev–Trinajstić information content (AvgIpc) is 2.65. The van der Waals surface area contributed by atoms with E-state index in [-0.39, 0.29) is 17.1 Å². The summed E-state index contributed by atoms with van der Waals surface area (Å²) in [5.74, 6) is -0.0978. The van der Waals surface area contributed by atoms with Crippen LogP contribution in [0.2, 0.25) is 0 Å². The van der Waals surface area contributed by atoms with Gasteiger partial charge in [0.2, 0.25) is 0 Å². The number of carbonyl (C=O) groups excluding carboxylic acids is 1. The lowest BCUT2D eigenvalue weighted by molar-refractivity contribution is -0.155. The van der Waals surface area contributed by atoms with Gasteiger partial charge in [0.25, 0.3) is 0 Å². The lowest BCUT2D eigenvalue weighted by Crippen LogP contribution is -2.33. The molecule has 0 radical (unpaired) electrons. The minimum Gasteiger partial charge on any atom is -0.460 e. The van der Waals surface area contributed by atoms with Gasteiger partial charge in [-0.25, -0.2) is 0 Å². The summed E-state index contributed by atoms with van der Waals surface area (Å²) in [4.78, 5) is 11.4. The number of rotatable bonds is 3. The largest absolute Gasteiger partial charge is 0.460 e. The summed E-state index contributed by atoms with van der Waals surface area (Å²) in [6.07, 6.45) is 2.67. The van der Waals surface area contributed by atoms with Crippen LogP contribution >= 0.6 is 0 Å². The molecule has 0 aromatic carbocycles. The quantitative estimate of drug-likeness (QED) is 0.677. The molecule has 0 saturated heterocycles. The Morgan fingerprint density at radius 2 is 2.00 bits per heavy atom. The molecule has 0 spiro atoms. The van der Waals surface area contributed by atoms with Gasteiger partial charge in [-0.05, 0) is 40.7 Å². The van der Waals surface area contributed by atoms with Gasteiger partial charge in [0.05, 0.1) is 6.42 Å². The molecule has 1 aliphatic carbocycles. The fourth-order valence-corrected chi connectivity index (χ4v) is 1.32. The van der Waals surface area contributed by atoms with Crippen LogP contribution in [-0.2, 0) is 9.53 Å². The highest BCUT2D eigenvalue weighted by atomic mass is 16.6. The van der Waals surface area contributed by atoms with E-state index >= 15 is 0 Å². The smallest absolute Gasteiger partial charge is 0.308 e. The SMILES string of the molecule is CNC1(CC(=O)OC(C)(C)C)CC1. The highest BCUT2D eigenvalue weighted by Crippen LogP contribution is 2.38. The molecule has 1 fully saturated rings. The average molecular weight is 185 g/mol.